The van der Waals surface area contributed by atoms with E-state index in [1.165, 1.54) is 5.51 Å². The molecule has 0 saturated heterocycles. The van der Waals surface area contributed by atoms with Crippen LogP contribution in [0.2, 0.25) is 0 Å². The zero-order valence-electron chi connectivity index (χ0n) is 5.40. The molecule has 0 radical (unpaired) electrons. The van der Waals surface area contributed by atoms with Gasteiger partial charge in [0, 0.05) is 12.4 Å². The number of carbonyl (C=O) groups excluding carboxylic acids is 1. The van der Waals surface area contributed by atoms with Crippen LogP contribution in [0.25, 0.3) is 0 Å². The van der Waals surface area contributed by atoms with Gasteiger partial charge in [0.25, 0.3) is 0 Å². The molecule has 0 fully saturated rings. The quantitative estimate of drug-likeness (QED) is 0.401. The first-order valence-electron chi connectivity index (χ1n) is 2.24. The smallest absolute Gasteiger partial charge is 0.550 e. The Morgan fingerprint density at radius 2 is 2.50 bits per heavy atom. The molecule has 0 aliphatic rings. The van der Waals surface area contributed by atoms with E-state index in [1.807, 2.05) is 0 Å². The third kappa shape index (κ3) is 2.97. The molecule has 10 heavy (non-hydrogen) atoms. The Kier molecular flexibility index (Phi) is 4.28. The number of carbonyl (C=O) groups is 1. The van der Waals surface area contributed by atoms with Crippen molar-refractivity contribution < 1.29 is 28.8 Å². The van der Waals surface area contributed by atoms with Gasteiger partial charge < -0.3 is 9.90 Å². The van der Waals surface area contributed by atoms with Crippen LogP contribution < -0.4 is 24.0 Å². The van der Waals surface area contributed by atoms with Gasteiger partial charge in [-0.1, -0.05) is 0 Å². The van der Waals surface area contributed by atoms with Gasteiger partial charge >= 0.3 is 18.9 Å². The standard InChI is InChI=1S/C4H4N2O2S.Li/c7-4(8)1-3-5-2-9-6-3;/h2H,1H2,(H,7,8);/q;+1/p-1. The van der Waals surface area contributed by atoms with E-state index >= 15 is 0 Å². The number of carboxylic acids is 1. The van der Waals surface area contributed by atoms with E-state index in [0.717, 1.165) is 11.5 Å². The Bertz CT molecular complexity index is 201. The molecule has 0 spiro atoms. The molecule has 0 atom stereocenters. The number of carboxylic acid groups (broad SMARTS) is 1. The molecule has 0 aromatic carbocycles. The molecule has 1 rings (SSSR count). The van der Waals surface area contributed by atoms with E-state index in [1.54, 1.807) is 0 Å². The molecule has 1 aromatic heterocycles. The van der Waals surface area contributed by atoms with E-state index in [9.17, 15) is 9.90 Å². The van der Waals surface area contributed by atoms with Gasteiger partial charge in [-0.15, -0.1) is 0 Å². The van der Waals surface area contributed by atoms with Gasteiger partial charge in [0.1, 0.15) is 11.3 Å². The second-order valence-corrected chi connectivity index (χ2v) is 2.00. The zero-order chi connectivity index (χ0) is 6.69. The summed E-state index contributed by atoms with van der Waals surface area (Å²) in [6, 6.07) is 0. The maximum absolute atomic E-state index is 9.88. The minimum Gasteiger partial charge on any atom is -0.550 e. The van der Waals surface area contributed by atoms with E-state index < -0.39 is 5.97 Å². The molecule has 0 unspecified atom stereocenters. The molecule has 1 heterocycles. The predicted molar refractivity (Wildman–Crippen MR) is 28.6 cm³/mol. The zero-order valence-corrected chi connectivity index (χ0v) is 6.22. The maximum Gasteiger partial charge on any atom is 1.00 e. The molecule has 0 saturated carbocycles. The first-order valence-corrected chi connectivity index (χ1v) is 3.08. The van der Waals surface area contributed by atoms with Crippen LogP contribution in [0.4, 0.5) is 0 Å². The number of rotatable bonds is 2. The van der Waals surface area contributed by atoms with Crippen molar-refractivity contribution >= 4 is 17.5 Å². The second kappa shape index (κ2) is 4.44. The largest absolute Gasteiger partial charge is 1.00 e. The van der Waals surface area contributed by atoms with Gasteiger partial charge in [0.2, 0.25) is 0 Å². The SMILES string of the molecule is O=C([O-])Cc1ncsn1.[Li+]. The summed E-state index contributed by atoms with van der Waals surface area (Å²) < 4.78 is 3.67. The van der Waals surface area contributed by atoms with Gasteiger partial charge in [-0.05, 0) is 11.5 Å². The molecule has 6 heteroatoms. The second-order valence-electron chi connectivity index (χ2n) is 1.40. The fourth-order valence-electron chi connectivity index (χ4n) is 0.399. The van der Waals surface area contributed by atoms with Crippen molar-refractivity contribution in [1.82, 2.24) is 9.36 Å². The van der Waals surface area contributed by atoms with E-state index in [-0.39, 0.29) is 25.3 Å². The van der Waals surface area contributed by atoms with Crippen LogP contribution in [0.15, 0.2) is 5.51 Å². The van der Waals surface area contributed by atoms with Gasteiger partial charge in [-0.3, -0.25) is 0 Å². The summed E-state index contributed by atoms with van der Waals surface area (Å²) in [5.74, 6) is -0.826. The van der Waals surface area contributed by atoms with Gasteiger partial charge in [-0.2, -0.15) is 4.37 Å². The third-order valence-corrected chi connectivity index (χ3v) is 1.23. The summed E-state index contributed by atoms with van der Waals surface area (Å²) in [5.41, 5.74) is 1.48. The molecular weight excluding hydrogens is 147 g/mol. The van der Waals surface area contributed by atoms with Crippen molar-refractivity contribution in [2.24, 2.45) is 0 Å². The first kappa shape index (κ1) is 9.63. The topological polar surface area (TPSA) is 65.9 Å². The number of hydrogen-bond donors (Lipinski definition) is 0. The van der Waals surface area contributed by atoms with Crippen LogP contribution in [-0.2, 0) is 11.2 Å². The normalized spacial score (nSPS) is 8.40. The van der Waals surface area contributed by atoms with Crippen LogP contribution in [0, 0.1) is 0 Å². The summed E-state index contributed by atoms with van der Waals surface area (Å²) in [6.45, 7) is 0. The summed E-state index contributed by atoms with van der Waals surface area (Å²) in [7, 11) is 0. The van der Waals surface area contributed by atoms with Gasteiger partial charge in [0.15, 0.2) is 0 Å². The average Bonchev–Trinajstić information content (AvgIpc) is 2.15. The summed E-state index contributed by atoms with van der Waals surface area (Å²) in [5, 5.41) is 9.88. The van der Waals surface area contributed by atoms with Crippen LogP contribution >= 0.6 is 11.5 Å². The maximum atomic E-state index is 9.88. The van der Waals surface area contributed by atoms with E-state index in [2.05, 4.69) is 9.36 Å². The van der Waals surface area contributed by atoms with Crippen molar-refractivity contribution in [1.29, 1.82) is 0 Å². The van der Waals surface area contributed by atoms with Crippen molar-refractivity contribution in [3.63, 3.8) is 0 Å². The van der Waals surface area contributed by atoms with Crippen LogP contribution in [0.1, 0.15) is 5.82 Å². The Balaban J connectivity index is 0.000000810. The van der Waals surface area contributed by atoms with E-state index in [4.69, 9.17) is 0 Å². The molecular formula is C4H3LiN2O2S. The van der Waals surface area contributed by atoms with Crippen molar-refractivity contribution in [2.45, 2.75) is 6.42 Å². The Morgan fingerprint density at radius 3 is 2.90 bits per heavy atom. The molecule has 0 amide bonds. The average molecular weight is 150 g/mol. The molecule has 48 valence electrons. The monoisotopic (exact) mass is 150 g/mol. The number of hydrogen-bond acceptors (Lipinski definition) is 5. The molecule has 0 N–H and O–H groups in total. The fourth-order valence-corrected chi connectivity index (χ4v) is 0.849. The van der Waals surface area contributed by atoms with Crippen molar-refractivity contribution in [3.05, 3.63) is 11.3 Å². The predicted octanol–water partition coefficient (Wildman–Crippen LogP) is -4.17. The molecule has 0 bridgehead atoms. The van der Waals surface area contributed by atoms with E-state index in [0.29, 0.717) is 5.82 Å². The van der Waals surface area contributed by atoms with Crippen LogP contribution in [0.3, 0.4) is 0 Å². The fraction of sp³-hybridized carbons (Fsp3) is 0.250. The molecule has 4 nitrogen and oxygen atoms in total. The summed E-state index contributed by atoms with van der Waals surface area (Å²) >= 11 is 1.13. The molecule has 1 aromatic rings. The van der Waals surface area contributed by atoms with Crippen LogP contribution in [-0.4, -0.2) is 15.3 Å². The van der Waals surface area contributed by atoms with Crippen molar-refractivity contribution in [3.8, 4) is 0 Å². The van der Waals surface area contributed by atoms with Gasteiger partial charge in [0.05, 0.1) is 0 Å². The number of aliphatic carboxylic acids is 1. The molecule has 0 aliphatic heterocycles. The third-order valence-electron chi connectivity index (χ3n) is 0.709. The minimum atomic E-state index is -1.15. The Morgan fingerprint density at radius 1 is 1.80 bits per heavy atom. The Hall–Kier alpha value is -0.373. The summed E-state index contributed by atoms with van der Waals surface area (Å²) in [4.78, 5) is 13.5. The Labute approximate surface area is 73.6 Å². The van der Waals surface area contributed by atoms with Crippen molar-refractivity contribution in [2.75, 3.05) is 0 Å². The molecule has 0 aliphatic carbocycles. The van der Waals surface area contributed by atoms with Gasteiger partial charge in [-0.25, -0.2) is 4.98 Å². The van der Waals surface area contributed by atoms with Crippen LogP contribution in [0.5, 0.6) is 0 Å². The first-order chi connectivity index (χ1) is 4.29. The minimum absolute atomic E-state index is 0. The number of nitrogens with zero attached hydrogens (tertiary/aromatic N) is 2. The summed E-state index contributed by atoms with van der Waals surface area (Å²) in [6.07, 6.45) is -0.191. The number of aromatic nitrogens is 2.